The van der Waals surface area contributed by atoms with E-state index in [2.05, 4.69) is 39.9 Å². The molecule has 0 spiro atoms. The summed E-state index contributed by atoms with van der Waals surface area (Å²) < 4.78 is 2.32. The highest BCUT2D eigenvalue weighted by Gasteiger charge is 2.17. The quantitative estimate of drug-likeness (QED) is 0.786. The van der Waals surface area contributed by atoms with Crippen molar-refractivity contribution in [1.29, 1.82) is 0 Å². The molecule has 0 N–H and O–H groups in total. The number of hydrogen-bond donors (Lipinski definition) is 0. The average Bonchev–Trinajstić information content (AvgIpc) is 2.85. The highest BCUT2D eigenvalue weighted by atomic mass is 15.1. The largest absolute Gasteiger partial charge is 0.334 e. The predicted octanol–water partition coefficient (Wildman–Crippen LogP) is 3.08. The molecule has 0 fully saturated rings. The number of imidazole rings is 1. The van der Waals surface area contributed by atoms with E-state index < -0.39 is 0 Å². The number of aromatic nitrogens is 2. The van der Waals surface area contributed by atoms with Crippen molar-refractivity contribution in [2.24, 2.45) is 5.92 Å². The Morgan fingerprint density at radius 2 is 2.12 bits per heavy atom. The van der Waals surface area contributed by atoms with Gasteiger partial charge in [0.15, 0.2) is 0 Å². The van der Waals surface area contributed by atoms with Gasteiger partial charge in [0.1, 0.15) is 0 Å². The van der Waals surface area contributed by atoms with Crippen LogP contribution in [-0.2, 0) is 19.4 Å². The molecule has 2 heteroatoms. The first-order valence-electron chi connectivity index (χ1n) is 6.45. The Kier molecular flexibility index (Phi) is 2.95. The second kappa shape index (κ2) is 4.74. The number of benzene rings is 1. The van der Waals surface area contributed by atoms with Gasteiger partial charge in [0.05, 0.1) is 6.33 Å². The lowest BCUT2D eigenvalue weighted by atomic mass is 9.92. The van der Waals surface area contributed by atoms with E-state index in [0.717, 1.165) is 12.5 Å². The van der Waals surface area contributed by atoms with E-state index in [4.69, 9.17) is 0 Å². The van der Waals surface area contributed by atoms with E-state index in [1.165, 1.54) is 36.9 Å². The lowest BCUT2D eigenvalue weighted by Crippen LogP contribution is -2.19. The minimum absolute atomic E-state index is 0.817. The molecule has 1 unspecified atom stereocenters. The van der Waals surface area contributed by atoms with Gasteiger partial charge in [-0.3, -0.25) is 0 Å². The fraction of sp³-hybridized carbons (Fsp3) is 0.400. The van der Waals surface area contributed by atoms with Gasteiger partial charge in [-0.15, -0.1) is 0 Å². The van der Waals surface area contributed by atoms with Gasteiger partial charge in [0, 0.05) is 18.4 Å². The van der Waals surface area contributed by atoms with Gasteiger partial charge in [-0.2, -0.15) is 0 Å². The molecule has 0 saturated carbocycles. The molecule has 3 rings (SSSR count). The fourth-order valence-corrected chi connectivity index (χ4v) is 2.69. The topological polar surface area (TPSA) is 17.8 Å². The Balaban J connectivity index is 1.58. The van der Waals surface area contributed by atoms with E-state index in [1.807, 2.05) is 12.5 Å². The van der Waals surface area contributed by atoms with Gasteiger partial charge in [-0.1, -0.05) is 30.3 Å². The molecule has 88 valence electrons. The first-order valence-corrected chi connectivity index (χ1v) is 6.45. The van der Waals surface area contributed by atoms with Crippen LogP contribution in [-0.4, -0.2) is 9.55 Å². The maximum atomic E-state index is 4.22. The van der Waals surface area contributed by atoms with Crippen molar-refractivity contribution in [3.63, 3.8) is 0 Å². The second-order valence-electron chi connectivity index (χ2n) is 4.97. The summed E-state index contributed by atoms with van der Waals surface area (Å²) in [5.74, 6) is 0.817. The van der Waals surface area contributed by atoms with E-state index in [-0.39, 0.29) is 0 Å². The van der Waals surface area contributed by atoms with Crippen molar-refractivity contribution >= 4 is 0 Å². The SMILES string of the molecule is c1ccc(CCC2CCc3cncn3C2)cc1. The van der Waals surface area contributed by atoms with Crippen LogP contribution < -0.4 is 0 Å². The minimum atomic E-state index is 0.817. The van der Waals surface area contributed by atoms with Crippen molar-refractivity contribution in [2.45, 2.75) is 32.2 Å². The van der Waals surface area contributed by atoms with Crippen LogP contribution >= 0.6 is 0 Å². The molecule has 2 heterocycles. The fourth-order valence-electron chi connectivity index (χ4n) is 2.69. The van der Waals surface area contributed by atoms with Gasteiger partial charge in [0.2, 0.25) is 0 Å². The summed E-state index contributed by atoms with van der Waals surface area (Å²) in [6.45, 7) is 1.15. The Hall–Kier alpha value is -1.57. The van der Waals surface area contributed by atoms with Crippen LogP contribution in [0.25, 0.3) is 0 Å². The number of rotatable bonds is 3. The van der Waals surface area contributed by atoms with E-state index in [1.54, 1.807) is 0 Å². The zero-order valence-corrected chi connectivity index (χ0v) is 10.0. The lowest BCUT2D eigenvalue weighted by Gasteiger charge is -2.24. The zero-order valence-electron chi connectivity index (χ0n) is 10.0. The van der Waals surface area contributed by atoms with E-state index in [0.29, 0.717) is 0 Å². The molecule has 2 nitrogen and oxygen atoms in total. The summed E-state index contributed by atoms with van der Waals surface area (Å²) in [6.07, 6.45) is 8.99. The van der Waals surface area contributed by atoms with Gasteiger partial charge in [-0.05, 0) is 37.2 Å². The third-order valence-electron chi connectivity index (χ3n) is 3.75. The smallest absolute Gasteiger partial charge is 0.0948 e. The van der Waals surface area contributed by atoms with Gasteiger partial charge in [0.25, 0.3) is 0 Å². The maximum absolute atomic E-state index is 4.22. The highest BCUT2D eigenvalue weighted by Crippen LogP contribution is 2.23. The highest BCUT2D eigenvalue weighted by molar-refractivity contribution is 5.14. The summed E-state index contributed by atoms with van der Waals surface area (Å²) in [7, 11) is 0. The molecular formula is C15H18N2. The van der Waals surface area contributed by atoms with Crippen LogP contribution in [0.15, 0.2) is 42.9 Å². The van der Waals surface area contributed by atoms with Crippen LogP contribution in [0.4, 0.5) is 0 Å². The summed E-state index contributed by atoms with van der Waals surface area (Å²) in [5.41, 5.74) is 2.87. The normalized spacial score (nSPS) is 18.9. The van der Waals surface area contributed by atoms with Gasteiger partial charge >= 0.3 is 0 Å². The third kappa shape index (κ3) is 2.41. The number of nitrogens with zero attached hydrogens (tertiary/aromatic N) is 2. The summed E-state index contributed by atoms with van der Waals surface area (Å²) in [5, 5.41) is 0. The maximum Gasteiger partial charge on any atom is 0.0948 e. The molecule has 1 aromatic carbocycles. The van der Waals surface area contributed by atoms with Gasteiger partial charge in [-0.25, -0.2) is 4.98 Å². The molecule has 1 atom stereocenters. The zero-order chi connectivity index (χ0) is 11.5. The molecule has 0 bridgehead atoms. The lowest BCUT2D eigenvalue weighted by molar-refractivity contribution is 0.349. The predicted molar refractivity (Wildman–Crippen MR) is 68.8 cm³/mol. The van der Waals surface area contributed by atoms with E-state index >= 15 is 0 Å². The Bertz CT molecular complexity index is 473. The van der Waals surface area contributed by atoms with Crippen LogP contribution in [0, 0.1) is 5.92 Å². The first-order chi connectivity index (χ1) is 8.42. The Morgan fingerprint density at radius 3 is 3.00 bits per heavy atom. The van der Waals surface area contributed by atoms with Crippen molar-refractivity contribution in [3.8, 4) is 0 Å². The summed E-state index contributed by atoms with van der Waals surface area (Å²) in [6, 6.07) is 10.8. The van der Waals surface area contributed by atoms with Crippen molar-refractivity contribution in [3.05, 3.63) is 54.1 Å². The number of fused-ring (bicyclic) bond motifs is 1. The minimum Gasteiger partial charge on any atom is -0.334 e. The number of aryl methyl sites for hydroxylation is 2. The van der Waals surface area contributed by atoms with Crippen LogP contribution in [0.5, 0.6) is 0 Å². The molecule has 0 amide bonds. The van der Waals surface area contributed by atoms with Crippen LogP contribution in [0.2, 0.25) is 0 Å². The van der Waals surface area contributed by atoms with Crippen molar-refractivity contribution < 1.29 is 0 Å². The second-order valence-corrected chi connectivity index (χ2v) is 4.97. The molecule has 0 aliphatic carbocycles. The Labute approximate surface area is 102 Å². The third-order valence-corrected chi connectivity index (χ3v) is 3.75. The molecule has 17 heavy (non-hydrogen) atoms. The van der Waals surface area contributed by atoms with Crippen LogP contribution in [0.3, 0.4) is 0 Å². The van der Waals surface area contributed by atoms with Gasteiger partial charge < -0.3 is 4.57 Å². The van der Waals surface area contributed by atoms with E-state index in [9.17, 15) is 0 Å². The average molecular weight is 226 g/mol. The van der Waals surface area contributed by atoms with Crippen molar-refractivity contribution in [1.82, 2.24) is 9.55 Å². The summed E-state index contributed by atoms with van der Waals surface area (Å²) >= 11 is 0. The molecule has 0 saturated heterocycles. The standard InChI is InChI=1S/C15H18N2/c1-2-4-13(5-3-1)6-7-14-8-9-15-10-16-12-17(15)11-14/h1-5,10,12,14H,6-9,11H2. The molecule has 1 aromatic heterocycles. The first kappa shape index (κ1) is 10.6. The number of hydrogen-bond acceptors (Lipinski definition) is 1. The molecule has 1 aliphatic rings. The van der Waals surface area contributed by atoms with Crippen molar-refractivity contribution in [2.75, 3.05) is 0 Å². The monoisotopic (exact) mass is 226 g/mol. The Morgan fingerprint density at radius 1 is 1.24 bits per heavy atom. The molecule has 2 aromatic rings. The molecule has 0 radical (unpaired) electrons. The molecule has 1 aliphatic heterocycles. The molecular weight excluding hydrogens is 208 g/mol. The van der Waals surface area contributed by atoms with Crippen LogP contribution in [0.1, 0.15) is 24.1 Å². The summed E-state index contributed by atoms with van der Waals surface area (Å²) in [4.78, 5) is 4.22.